The van der Waals surface area contributed by atoms with Crippen molar-refractivity contribution < 1.29 is 0 Å². The van der Waals surface area contributed by atoms with Crippen LogP contribution in [0, 0.1) is 13.8 Å². The van der Waals surface area contributed by atoms with Gasteiger partial charge >= 0.3 is 0 Å². The van der Waals surface area contributed by atoms with Gasteiger partial charge in [0.05, 0.1) is 22.7 Å². The van der Waals surface area contributed by atoms with E-state index in [1.807, 2.05) is 0 Å². The molecule has 100 valence electrons. The van der Waals surface area contributed by atoms with Crippen LogP contribution >= 0.6 is 0 Å². The third-order valence-corrected chi connectivity index (χ3v) is 3.64. The Kier molecular flexibility index (Phi) is 2.21. The fraction of sp³-hybridized carbons (Fsp3) is 0.125. The molecule has 2 aliphatic rings. The summed E-state index contributed by atoms with van der Waals surface area (Å²) in [5, 5.41) is 13.6. The highest BCUT2D eigenvalue weighted by atomic mass is 15.3. The van der Waals surface area contributed by atoms with Crippen molar-refractivity contribution in [1.82, 2.24) is 0 Å². The molecule has 0 unspecified atom stereocenters. The summed E-state index contributed by atoms with van der Waals surface area (Å²) < 4.78 is 0. The van der Waals surface area contributed by atoms with Gasteiger partial charge in [-0.15, -0.1) is 0 Å². The molecule has 0 saturated heterocycles. The van der Waals surface area contributed by atoms with Gasteiger partial charge in [-0.1, -0.05) is 12.1 Å². The second-order valence-corrected chi connectivity index (χ2v) is 5.35. The van der Waals surface area contributed by atoms with Gasteiger partial charge in [0.15, 0.2) is 0 Å². The van der Waals surface area contributed by atoms with E-state index < -0.39 is 0 Å². The summed E-state index contributed by atoms with van der Waals surface area (Å²) in [6.45, 7) is 4.19. The third-order valence-electron chi connectivity index (χ3n) is 3.64. The molecule has 2 aromatic carbocycles. The Bertz CT molecular complexity index is 683. The minimum atomic E-state index is 0.958. The zero-order valence-corrected chi connectivity index (χ0v) is 11.5. The first-order valence-electron chi connectivity index (χ1n) is 6.73. The average Bonchev–Trinajstić information content (AvgIpc) is 3.00. The quantitative estimate of drug-likeness (QED) is 0.584. The van der Waals surface area contributed by atoms with E-state index >= 15 is 0 Å². The van der Waals surface area contributed by atoms with E-state index in [-0.39, 0.29) is 0 Å². The normalized spacial score (nSPS) is 18.5. The number of nitrogens with one attached hydrogen (secondary N) is 4. The number of benzene rings is 2. The summed E-state index contributed by atoms with van der Waals surface area (Å²) in [5.74, 6) is 1.92. The number of anilines is 4. The molecule has 4 heteroatoms. The first-order chi connectivity index (χ1) is 9.69. The second kappa shape index (κ2) is 3.93. The molecule has 0 fully saturated rings. The molecule has 4 nitrogen and oxygen atoms in total. The zero-order chi connectivity index (χ0) is 13.7. The molecule has 0 aromatic heterocycles. The lowest BCUT2D eigenvalue weighted by Gasteiger charge is -2.06. The number of hydrogen-bond donors (Lipinski definition) is 4. The predicted molar refractivity (Wildman–Crippen MR) is 83.9 cm³/mol. The van der Waals surface area contributed by atoms with Crippen LogP contribution in [0.3, 0.4) is 0 Å². The Morgan fingerprint density at radius 1 is 0.550 bits per heavy atom. The van der Waals surface area contributed by atoms with Crippen LogP contribution in [0.25, 0.3) is 0 Å². The van der Waals surface area contributed by atoms with Crippen molar-refractivity contribution in [2.24, 2.45) is 0 Å². The molecule has 4 rings (SSSR count). The largest absolute Gasteiger partial charge is 0.337 e. The molecule has 2 aromatic rings. The highest BCUT2D eigenvalue weighted by molar-refractivity contribution is 5.85. The third kappa shape index (κ3) is 1.69. The Morgan fingerprint density at radius 3 is 1.40 bits per heavy atom. The molecule has 0 radical (unpaired) electrons. The maximum Gasteiger partial charge on any atom is 0.150 e. The smallest absolute Gasteiger partial charge is 0.150 e. The van der Waals surface area contributed by atoms with Crippen LogP contribution in [0.2, 0.25) is 0 Å². The van der Waals surface area contributed by atoms with Crippen LogP contribution in [0.4, 0.5) is 22.7 Å². The summed E-state index contributed by atoms with van der Waals surface area (Å²) >= 11 is 0. The van der Waals surface area contributed by atoms with Gasteiger partial charge in [-0.05, 0) is 49.2 Å². The molecule has 2 heterocycles. The van der Waals surface area contributed by atoms with Crippen LogP contribution in [0.5, 0.6) is 0 Å². The Hall–Kier alpha value is -2.62. The molecular formula is C16H16N4. The van der Waals surface area contributed by atoms with Crippen molar-refractivity contribution in [1.29, 1.82) is 0 Å². The number of hydrogen-bond acceptors (Lipinski definition) is 4. The maximum absolute atomic E-state index is 3.41. The average molecular weight is 264 g/mol. The summed E-state index contributed by atoms with van der Waals surface area (Å²) in [4.78, 5) is 0. The van der Waals surface area contributed by atoms with Gasteiger partial charge < -0.3 is 21.3 Å². The van der Waals surface area contributed by atoms with Gasteiger partial charge in [0.1, 0.15) is 11.6 Å². The Morgan fingerprint density at radius 2 is 0.950 bits per heavy atom. The number of rotatable bonds is 0. The van der Waals surface area contributed by atoms with E-state index in [0.717, 1.165) is 34.4 Å². The molecule has 0 amide bonds. The van der Waals surface area contributed by atoms with Crippen LogP contribution in [-0.4, -0.2) is 0 Å². The molecular weight excluding hydrogens is 248 g/mol. The molecule has 0 bridgehead atoms. The predicted octanol–water partition coefficient (Wildman–Crippen LogP) is 3.81. The van der Waals surface area contributed by atoms with Crippen LogP contribution in [-0.2, 0) is 0 Å². The molecule has 4 N–H and O–H groups in total. The molecule has 20 heavy (non-hydrogen) atoms. The monoisotopic (exact) mass is 264 g/mol. The standard InChI is InChI=1S/C16H16N4/c1-9-3-5-11-13(7-9)19-15(17-11)16-18-12-6-4-10(2)8-14(12)20-16/h3-8,17-20H,1-2H3/b16-15+. The minimum absolute atomic E-state index is 0.958. The van der Waals surface area contributed by atoms with Gasteiger partial charge in [0.2, 0.25) is 0 Å². The lowest BCUT2D eigenvalue weighted by atomic mass is 10.2. The molecule has 0 atom stereocenters. The van der Waals surface area contributed by atoms with Gasteiger partial charge in [-0.25, -0.2) is 0 Å². The topological polar surface area (TPSA) is 48.1 Å². The molecule has 2 aliphatic heterocycles. The molecule has 0 saturated carbocycles. The SMILES string of the molecule is Cc1ccc2c(c1)N/C(=C1\Nc3ccc(C)cc3N1)N2. The van der Waals surface area contributed by atoms with E-state index in [0.29, 0.717) is 0 Å². The summed E-state index contributed by atoms with van der Waals surface area (Å²) in [6, 6.07) is 12.7. The van der Waals surface area contributed by atoms with Crippen LogP contribution in [0.15, 0.2) is 48.0 Å². The first kappa shape index (κ1) is 11.2. The first-order valence-corrected chi connectivity index (χ1v) is 6.73. The maximum atomic E-state index is 3.41. The van der Waals surface area contributed by atoms with E-state index in [9.17, 15) is 0 Å². The van der Waals surface area contributed by atoms with Crippen molar-refractivity contribution in [2.75, 3.05) is 21.3 Å². The van der Waals surface area contributed by atoms with Gasteiger partial charge in [0.25, 0.3) is 0 Å². The fourth-order valence-corrected chi connectivity index (χ4v) is 2.59. The van der Waals surface area contributed by atoms with E-state index in [1.165, 1.54) is 11.1 Å². The van der Waals surface area contributed by atoms with Gasteiger partial charge in [-0.2, -0.15) is 0 Å². The van der Waals surface area contributed by atoms with Crippen molar-refractivity contribution in [3.63, 3.8) is 0 Å². The fourth-order valence-electron chi connectivity index (χ4n) is 2.59. The van der Waals surface area contributed by atoms with Gasteiger partial charge in [-0.3, -0.25) is 0 Å². The number of fused-ring (bicyclic) bond motifs is 2. The summed E-state index contributed by atoms with van der Waals surface area (Å²) in [7, 11) is 0. The van der Waals surface area contributed by atoms with Crippen LogP contribution < -0.4 is 21.3 Å². The zero-order valence-electron chi connectivity index (χ0n) is 11.5. The second-order valence-electron chi connectivity index (χ2n) is 5.35. The highest BCUT2D eigenvalue weighted by Crippen LogP contribution is 2.36. The van der Waals surface area contributed by atoms with Gasteiger partial charge in [0, 0.05) is 0 Å². The van der Waals surface area contributed by atoms with Crippen LogP contribution in [0.1, 0.15) is 11.1 Å². The van der Waals surface area contributed by atoms with Crippen molar-refractivity contribution in [3.8, 4) is 0 Å². The molecule has 0 spiro atoms. The highest BCUT2D eigenvalue weighted by Gasteiger charge is 2.22. The van der Waals surface area contributed by atoms with Crippen molar-refractivity contribution in [2.45, 2.75) is 13.8 Å². The van der Waals surface area contributed by atoms with E-state index in [1.54, 1.807) is 0 Å². The van der Waals surface area contributed by atoms with E-state index in [2.05, 4.69) is 71.5 Å². The summed E-state index contributed by atoms with van der Waals surface area (Å²) in [6.07, 6.45) is 0. The van der Waals surface area contributed by atoms with E-state index in [4.69, 9.17) is 0 Å². The summed E-state index contributed by atoms with van der Waals surface area (Å²) in [5.41, 5.74) is 6.93. The van der Waals surface area contributed by atoms with Crippen molar-refractivity contribution >= 4 is 22.7 Å². The van der Waals surface area contributed by atoms with Crippen molar-refractivity contribution in [3.05, 3.63) is 59.2 Å². The molecule has 0 aliphatic carbocycles. The lowest BCUT2D eigenvalue weighted by molar-refractivity contribution is 1.33. The lowest BCUT2D eigenvalue weighted by Crippen LogP contribution is -2.12. The Balaban J connectivity index is 1.68. The number of aryl methyl sites for hydroxylation is 2. The minimum Gasteiger partial charge on any atom is -0.337 e. The Labute approximate surface area is 117 Å².